The van der Waals surface area contributed by atoms with E-state index in [1.807, 2.05) is 24.3 Å². The van der Waals surface area contributed by atoms with Gasteiger partial charge in [0.05, 0.1) is 6.42 Å². The minimum absolute atomic E-state index is 0.0386. The molecular weight excluding hydrogens is 540 g/mol. The molecule has 8 N–H and O–H groups in total. The van der Waals surface area contributed by atoms with Crippen LogP contribution in [0.2, 0.25) is 0 Å². The first kappa shape index (κ1) is 34.3. The van der Waals surface area contributed by atoms with Crippen LogP contribution in [0.4, 0.5) is 0 Å². The molecule has 0 aliphatic rings. The molecule has 0 aliphatic heterocycles. The zero-order valence-electron chi connectivity index (χ0n) is 24.7. The van der Waals surface area contributed by atoms with Crippen LogP contribution in [0.5, 0.6) is 0 Å². The number of aliphatic carboxylic acids is 1. The average molecular weight is 587 g/mol. The first-order valence-corrected chi connectivity index (χ1v) is 14.8. The van der Waals surface area contributed by atoms with Crippen LogP contribution in [-0.2, 0) is 30.4 Å². The largest absolute Gasteiger partial charge is 0.481 e. The lowest BCUT2D eigenvalue weighted by Crippen LogP contribution is -2.57. The molecule has 0 radical (unpaired) electrons. The normalized spacial score (nSPS) is 13.1. The predicted molar refractivity (Wildman–Crippen MR) is 160 cm³/mol. The summed E-state index contributed by atoms with van der Waals surface area (Å²) in [7, 11) is 1.33. The smallest absolute Gasteiger partial charge is 0.305 e. The van der Waals surface area contributed by atoms with E-state index in [2.05, 4.69) is 33.2 Å². The molecule has 1 aromatic heterocycles. The van der Waals surface area contributed by atoms with Crippen molar-refractivity contribution in [2.45, 2.75) is 95.7 Å². The number of para-hydroxylation sites is 1. The van der Waals surface area contributed by atoms with Gasteiger partial charge in [-0.05, 0) is 31.0 Å². The molecule has 0 spiro atoms. The van der Waals surface area contributed by atoms with Gasteiger partial charge in [-0.2, -0.15) is 0 Å². The maximum Gasteiger partial charge on any atom is 0.305 e. The van der Waals surface area contributed by atoms with Crippen molar-refractivity contribution < 1.29 is 29.1 Å². The average Bonchev–Trinajstić information content (AvgIpc) is 3.37. The van der Waals surface area contributed by atoms with Crippen LogP contribution in [-0.4, -0.2) is 71.4 Å². The highest BCUT2D eigenvalue weighted by molar-refractivity contribution is 5.95. The quantitative estimate of drug-likeness (QED) is 0.115. The standard InChI is InChI=1S/C30H46N6O6/c1-3-4-5-6-7-8-9-14-26(37)34-24(17-20-19-33-22-13-11-10-12-21(20)22)30(42)35-23(15-16-31)29(41)36-25(18-27(38)39)28(40)32-2/h10-13,19,23-25,33H,3-9,14-18,31H2,1-2H3,(H,32,40)(H,34,37)(H,35,42)(H,36,41)(H,38,39). The minimum Gasteiger partial charge on any atom is -0.481 e. The number of fused-ring (bicyclic) bond motifs is 1. The highest BCUT2D eigenvalue weighted by Gasteiger charge is 2.30. The van der Waals surface area contributed by atoms with Crippen molar-refractivity contribution in [3.63, 3.8) is 0 Å². The van der Waals surface area contributed by atoms with Crippen molar-refractivity contribution in [3.8, 4) is 0 Å². The SMILES string of the molecule is CCCCCCCCCC(=O)NC(Cc1c[nH]c2ccccc12)C(=O)NC(CCN)C(=O)NC(CC(=O)O)C(=O)NC. The van der Waals surface area contributed by atoms with Gasteiger partial charge >= 0.3 is 5.97 Å². The lowest BCUT2D eigenvalue weighted by atomic mass is 10.0. The number of nitrogens with two attached hydrogens (primary N) is 1. The van der Waals surface area contributed by atoms with Crippen molar-refractivity contribution >= 4 is 40.5 Å². The van der Waals surface area contributed by atoms with E-state index in [0.717, 1.165) is 35.7 Å². The Balaban J connectivity index is 2.14. The van der Waals surface area contributed by atoms with Crippen molar-refractivity contribution in [1.82, 2.24) is 26.3 Å². The van der Waals surface area contributed by atoms with E-state index in [4.69, 9.17) is 10.8 Å². The predicted octanol–water partition coefficient (Wildman–Crippen LogP) is 1.88. The third kappa shape index (κ3) is 11.5. The molecule has 0 saturated carbocycles. The lowest BCUT2D eigenvalue weighted by molar-refractivity contribution is -0.141. The Morgan fingerprint density at radius 3 is 2.17 bits per heavy atom. The van der Waals surface area contributed by atoms with E-state index in [1.54, 1.807) is 6.20 Å². The number of H-pyrrole nitrogens is 1. The number of carboxylic acid groups (broad SMARTS) is 1. The number of amides is 4. The molecule has 12 nitrogen and oxygen atoms in total. The minimum atomic E-state index is -1.33. The fraction of sp³-hybridized carbons (Fsp3) is 0.567. The first-order chi connectivity index (χ1) is 20.2. The van der Waals surface area contributed by atoms with Gasteiger partial charge in [0.25, 0.3) is 0 Å². The summed E-state index contributed by atoms with van der Waals surface area (Å²) in [5, 5.41) is 20.3. The maximum absolute atomic E-state index is 13.5. The summed E-state index contributed by atoms with van der Waals surface area (Å²) < 4.78 is 0. The summed E-state index contributed by atoms with van der Waals surface area (Å²) in [5.74, 6) is -3.55. The Kier molecular flexibility index (Phi) is 15.1. The number of carbonyl (C=O) groups is 5. The topological polar surface area (TPSA) is 196 Å². The second-order valence-corrected chi connectivity index (χ2v) is 10.5. The molecule has 2 aromatic rings. The molecule has 0 bridgehead atoms. The fourth-order valence-electron chi connectivity index (χ4n) is 4.78. The summed E-state index contributed by atoms with van der Waals surface area (Å²) in [4.78, 5) is 66.0. The van der Waals surface area contributed by atoms with Gasteiger partial charge in [-0.15, -0.1) is 0 Å². The number of unbranched alkanes of at least 4 members (excludes halogenated alkanes) is 6. The zero-order valence-corrected chi connectivity index (χ0v) is 24.7. The number of hydrogen-bond donors (Lipinski definition) is 7. The van der Waals surface area contributed by atoms with E-state index in [0.29, 0.717) is 6.42 Å². The Bertz CT molecular complexity index is 1180. The molecule has 232 valence electrons. The molecule has 1 aromatic carbocycles. The van der Waals surface area contributed by atoms with Crippen LogP contribution in [0.3, 0.4) is 0 Å². The summed E-state index contributed by atoms with van der Waals surface area (Å²) in [6.07, 6.45) is 9.05. The van der Waals surface area contributed by atoms with Crippen LogP contribution in [0.25, 0.3) is 10.9 Å². The van der Waals surface area contributed by atoms with E-state index in [-0.39, 0.29) is 31.7 Å². The second-order valence-electron chi connectivity index (χ2n) is 10.5. The van der Waals surface area contributed by atoms with Gasteiger partial charge < -0.3 is 37.1 Å². The van der Waals surface area contributed by atoms with E-state index in [1.165, 1.54) is 26.3 Å². The Morgan fingerprint density at radius 2 is 1.50 bits per heavy atom. The van der Waals surface area contributed by atoms with Crippen LogP contribution in [0.15, 0.2) is 30.5 Å². The van der Waals surface area contributed by atoms with E-state index >= 15 is 0 Å². The van der Waals surface area contributed by atoms with Crippen molar-refractivity contribution in [1.29, 1.82) is 0 Å². The summed E-state index contributed by atoms with van der Waals surface area (Å²) in [6.45, 7) is 2.21. The number of benzene rings is 1. The van der Waals surface area contributed by atoms with Gasteiger partial charge in [0.15, 0.2) is 0 Å². The van der Waals surface area contributed by atoms with E-state index < -0.39 is 48.2 Å². The number of aromatic nitrogens is 1. The molecule has 42 heavy (non-hydrogen) atoms. The van der Waals surface area contributed by atoms with Gasteiger partial charge in [0.2, 0.25) is 23.6 Å². The number of carboxylic acids is 1. The number of carbonyl (C=O) groups excluding carboxylic acids is 4. The van der Waals surface area contributed by atoms with E-state index in [9.17, 15) is 24.0 Å². The third-order valence-electron chi connectivity index (χ3n) is 7.10. The van der Waals surface area contributed by atoms with Crippen molar-refractivity contribution in [2.75, 3.05) is 13.6 Å². The number of aromatic amines is 1. The highest BCUT2D eigenvalue weighted by atomic mass is 16.4. The summed E-state index contributed by atoms with van der Waals surface area (Å²) in [6, 6.07) is 4.15. The Labute approximate surface area is 246 Å². The third-order valence-corrected chi connectivity index (χ3v) is 7.10. The molecule has 12 heteroatoms. The highest BCUT2D eigenvalue weighted by Crippen LogP contribution is 2.19. The van der Waals surface area contributed by atoms with Crippen LogP contribution in [0.1, 0.15) is 76.7 Å². The molecule has 2 rings (SSSR count). The van der Waals surface area contributed by atoms with Gasteiger partial charge in [0.1, 0.15) is 18.1 Å². The zero-order chi connectivity index (χ0) is 30.9. The number of hydrogen-bond acceptors (Lipinski definition) is 6. The van der Waals surface area contributed by atoms with Gasteiger partial charge in [-0.25, -0.2) is 0 Å². The molecule has 3 atom stereocenters. The maximum atomic E-state index is 13.5. The molecule has 4 amide bonds. The molecule has 0 fully saturated rings. The van der Waals surface area contributed by atoms with Crippen molar-refractivity contribution in [3.05, 3.63) is 36.0 Å². The fourth-order valence-corrected chi connectivity index (χ4v) is 4.78. The Hall–Kier alpha value is -3.93. The first-order valence-electron chi connectivity index (χ1n) is 14.8. The monoisotopic (exact) mass is 586 g/mol. The van der Waals surface area contributed by atoms with Crippen LogP contribution < -0.4 is 27.0 Å². The molecule has 0 aliphatic carbocycles. The number of nitrogens with one attached hydrogen (secondary N) is 5. The second kappa shape index (κ2) is 18.5. The summed E-state index contributed by atoms with van der Waals surface area (Å²) in [5.41, 5.74) is 7.41. The van der Waals surface area contributed by atoms with Gasteiger partial charge in [-0.3, -0.25) is 24.0 Å². The number of likely N-dealkylation sites (N-methyl/N-ethyl adjacent to an activating group) is 1. The molecule has 3 unspecified atom stereocenters. The van der Waals surface area contributed by atoms with Crippen LogP contribution >= 0.6 is 0 Å². The van der Waals surface area contributed by atoms with Crippen molar-refractivity contribution in [2.24, 2.45) is 5.73 Å². The Morgan fingerprint density at radius 1 is 0.857 bits per heavy atom. The summed E-state index contributed by atoms with van der Waals surface area (Å²) >= 11 is 0. The number of rotatable bonds is 20. The lowest BCUT2D eigenvalue weighted by Gasteiger charge is -2.24. The van der Waals surface area contributed by atoms with Crippen LogP contribution in [0, 0.1) is 0 Å². The van der Waals surface area contributed by atoms with Gasteiger partial charge in [0, 0.05) is 37.0 Å². The molecular formula is C30H46N6O6. The van der Waals surface area contributed by atoms with Gasteiger partial charge in [-0.1, -0.05) is 63.6 Å². The molecule has 1 heterocycles. The molecule has 0 saturated heterocycles.